The number of carbonyl (C=O) groups is 1. The minimum Gasteiger partial charge on any atom is -0.496 e. The fourth-order valence-corrected chi connectivity index (χ4v) is 7.06. The van der Waals surface area contributed by atoms with E-state index in [0.29, 0.717) is 24.8 Å². The van der Waals surface area contributed by atoms with Crippen molar-refractivity contribution in [3.63, 3.8) is 0 Å². The summed E-state index contributed by atoms with van der Waals surface area (Å²) >= 11 is 0. The molecule has 1 aromatic carbocycles. The smallest absolute Gasteiger partial charge is 0.219 e. The Hall–Kier alpha value is -2.34. The van der Waals surface area contributed by atoms with Crippen LogP contribution in [0.3, 0.4) is 0 Å². The Bertz CT molecular complexity index is 986. The van der Waals surface area contributed by atoms with Crippen LogP contribution in [0.1, 0.15) is 63.7 Å². The normalized spacial score (nSPS) is 32.5. The summed E-state index contributed by atoms with van der Waals surface area (Å²) in [5.41, 5.74) is 2.59. The average molecular weight is 438 g/mol. The summed E-state index contributed by atoms with van der Waals surface area (Å²) in [5, 5.41) is 3.45. The Morgan fingerprint density at radius 2 is 2.22 bits per heavy atom. The summed E-state index contributed by atoms with van der Waals surface area (Å²) < 4.78 is 14.2. The van der Waals surface area contributed by atoms with Gasteiger partial charge in [0.25, 0.3) is 0 Å². The van der Waals surface area contributed by atoms with Crippen LogP contribution in [0, 0.1) is 22.7 Å². The van der Waals surface area contributed by atoms with Crippen molar-refractivity contribution < 1.29 is 14.3 Å². The molecule has 6 heteroatoms. The van der Waals surface area contributed by atoms with E-state index in [4.69, 9.17) is 9.47 Å². The number of ether oxygens (including phenoxy) is 2. The molecule has 1 aromatic heterocycles. The van der Waals surface area contributed by atoms with Crippen molar-refractivity contribution in [3.05, 3.63) is 48.0 Å². The Labute approximate surface area is 190 Å². The molecule has 3 aliphatic rings. The summed E-state index contributed by atoms with van der Waals surface area (Å²) in [5.74, 6) is 2.09. The lowest BCUT2D eigenvalue weighted by Gasteiger charge is -2.53. The maximum atomic E-state index is 12.5. The molecule has 6 nitrogen and oxygen atoms in total. The van der Waals surface area contributed by atoms with Gasteiger partial charge in [-0.1, -0.05) is 26.8 Å². The third-order valence-electron chi connectivity index (χ3n) is 8.68. The molecule has 172 valence electrons. The van der Waals surface area contributed by atoms with Crippen molar-refractivity contribution in [2.24, 2.45) is 22.7 Å². The number of benzene rings is 1. The highest BCUT2D eigenvalue weighted by atomic mass is 16.5. The summed E-state index contributed by atoms with van der Waals surface area (Å²) in [6.45, 7) is 8.10. The van der Waals surface area contributed by atoms with E-state index in [0.717, 1.165) is 24.3 Å². The number of rotatable bonds is 6. The Morgan fingerprint density at radius 3 is 2.94 bits per heavy atom. The minimum absolute atomic E-state index is 0.0540. The van der Waals surface area contributed by atoms with E-state index in [1.165, 1.54) is 18.4 Å². The first-order chi connectivity index (χ1) is 15.4. The average Bonchev–Trinajstić information content (AvgIpc) is 3.48. The van der Waals surface area contributed by atoms with Crippen molar-refractivity contribution >= 4 is 5.91 Å². The Morgan fingerprint density at radius 1 is 1.38 bits per heavy atom. The number of nitrogens with zero attached hydrogens (tertiary/aromatic N) is 2. The molecule has 1 aliphatic heterocycles. The van der Waals surface area contributed by atoms with Crippen LogP contribution in [0.25, 0.3) is 0 Å². The standard InChI is InChI=1S/C26H35N3O3/c1-5-22(30)28-24-25(2,3)19-13-20-23(32-11-8-26(20,24)14-19)17-6-7-21(31-4)18(12-17)15-29-10-9-27-16-29/h6-7,9-10,12,16,19-20,23-24H,5,8,11,13-15H2,1-4H3,(H,28,30)/t19-,20-,23-,24+,26?/m1/s1. The Kier molecular flexibility index (Phi) is 5.31. The van der Waals surface area contributed by atoms with Crippen LogP contribution in [0.2, 0.25) is 0 Å². The zero-order valence-corrected chi connectivity index (χ0v) is 19.6. The van der Waals surface area contributed by atoms with E-state index < -0.39 is 0 Å². The molecule has 5 atom stereocenters. The quantitative estimate of drug-likeness (QED) is 0.730. The molecule has 2 aliphatic carbocycles. The fourth-order valence-electron chi connectivity index (χ4n) is 7.06. The van der Waals surface area contributed by atoms with Gasteiger partial charge in [0.15, 0.2) is 0 Å². The van der Waals surface area contributed by atoms with Gasteiger partial charge in [-0.2, -0.15) is 0 Å². The van der Waals surface area contributed by atoms with Gasteiger partial charge in [0, 0.05) is 37.0 Å². The number of aromatic nitrogens is 2. The van der Waals surface area contributed by atoms with Gasteiger partial charge < -0.3 is 19.4 Å². The fraction of sp³-hybridized carbons (Fsp3) is 0.615. The Balaban J connectivity index is 1.48. The van der Waals surface area contributed by atoms with E-state index in [-0.39, 0.29) is 28.9 Å². The molecule has 32 heavy (non-hydrogen) atoms. The first kappa shape index (κ1) is 21.5. The van der Waals surface area contributed by atoms with E-state index in [9.17, 15) is 4.79 Å². The number of imidazole rings is 1. The molecule has 2 aromatic rings. The number of nitrogens with one attached hydrogen (secondary N) is 1. The number of fused-ring (bicyclic) bond motifs is 1. The van der Waals surface area contributed by atoms with Gasteiger partial charge in [-0.25, -0.2) is 4.98 Å². The second kappa shape index (κ2) is 7.91. The maximum Gasteiger partial charge on any atom is 0.219 e. The molecule has 1 amide bonds. The summed E-state index contributed by atoms with van der Waals surface area (Å²) in [6, 6.07) is 6.69. The van der Waals surface area contributed by atoms with Gasteiger partial charge in [-0.15, -0.1) is 0 Å². The topological polar surface area (TPSA) is 65.4 Å². The largest absolute Gasteiger partial charge is 0.496 e. The zero-order chi connectivity index (χ0) is 22.5. The van der Waals surface area contributed by atoms with Gasteiger partial charge in [0.05, 0.1) is 26.1 Å². The van der Waals surface area contributed by atoms with Gasteiger partial charge >= 0.3 is 0 Å². The van der Waals surface area contributed by atoms with Crippen LogP contribution in [0.4, 0.5) is 0 Å². The first-order valence-electron chi connectivity index (χ1n) is 11.9. The van der Waals surface area contributed by atoms with Gasteiger partial charge in [0.1, 0.15) is 5.75 Å². The van der Waals surface area contributed by atoms with Crippen molar-refractivity contribution in [2.45, 2.75) is 65.1 Å². The number of carbonyl (C=O) groups excluding carboxylic acids is 1. The molecule has 1 N–H and O–H groups in total. The van der Waals surface area contributed by atoms with Crippen LogP contribution < -0.4 is 10.1 Å². The van der Waals surface area contributed by atoms with Crippen molar-refractivity contribution in [2.75, 3.05) is 13.7 Å². The van der Waals surface area contributed by atoms with E-state index >= 15 is 0 Å². The lowest BCUT2D eigenvalue weighted by Crippen LogP contribution is -2.58. The van der Waals surface area contributed by atoms with Crippen LogP contribution in [0.15, 0.2) is 36.9 Å². The summed E-state index contributed by atoms with van der Waals surface area (Å²) in [6.07, 6.45) is 9.57. The van der Waals surface area contributed by atoms with Crippen molar-refractivity contribution in [3.8, 4) is 5.75 Å². The SMILES string of the molecule is CCC(=O)N[C@H]1C(C)(C)[C@@H]2C[C@@H]3[C@@H](c4ccc(OC)c(Cn5ccnc5)c4)OCCC31C2. The molecule has 1 saturated heterocycles. The van der Waals surface area contributed by atoms with Gasteiger partial charge in [-0.05, 0) is 59.6 Å². The molecule has 1 spiro atoms. The van der Waals surface area contributed by atoms with Crippen LogP contribution in [0.5, 0.6) is 5.75 Å². The highest BCUT2D eigenvalue weighted by molar-refractivity contribution is 5.76. The third-order valence-corrected chi connectivity index (χ3v) is 8.68. The lowest BCUT2D eigenvalue weighted by molar-refractivity contribution is -0.137. The highest BCUT2D eigenvalue weighted by Crippen LogP contribution is 2.70. The first-order valence-corrected chi connectivity index (χ1v) is 11.9. The van der Waals surface area contributed by atoms with Crippen molar-refractivity contribution in [1.29, 1.82) is 0 Å². The number of methoxy groups -OCH3 is 1. The van der Waals surface area contributed by atoms with E-state index in [2.05, 4.69) is 46.9 Å². The van der Waals surface area contributed by atoms with Crippen LogP contribution in [-0.2, 0) is 16.1 Å². The number of hydrogen-bond acceptors (Lipinski definition) is 4. The molecule has 2 saturated carbocycles. The summed E-state index contributed by atoms with van der Waals surface area (Å²) in [4.78, 5) is 16.6. The van der Waals surface area contributed by atoms with E-state index in [1.807, 2.05) is 19.4 Å². The predicted octanol–water partition coefficient (Wildman–Crippen LogP) is 4.35. The highest BCUT2D eigenvalue weighted by Gasteiger charge is 2.68. The molecule has 5 rings (SSSR count). The molecule has 3 fully saturated rings. The monoisotopic (exact) mass is 437 g/mol. The second-order valence-electron chi connectivity index (χ2n) is 10.5. The predicted molar refractivity (Wildman–Crippen MR) is 122 cm³/mol. The van der Waals surface area contributed by atoms with Gasteiger partial charge in [0.2, 0.25) is 5.91 Å². The minimum atomic E-state index is 0.0540. The van der Waals surface area contributed by atoms with E-state index in [1.54, 1.807) is 13.3 Å². The summed E-state index contributed by atoms with van der Waals surface area (Å²) in [7, 11) is 1.72. The molecule has 2 heterocycles. The molecule has 0 radical (unpaired) electrons. The molecular weight excluding hydrogens is 402 g/mol. The maximum absolute atomic E-state index is 12.5. The molecule has 1 unspecified atom stereocenters. The molecule has 2 bridgehead atoms. The van der Waals surface area contributed by atoms with Gasteiger partial charge in [-0.3, -0.25) is 4.79 Å². The van der Waals surface area contributed by atoms with Crippen molar-refractivity contribution in [1.82, 2.24) is 14.9 Å². The third kappa shape index (κ3) is 3.26. The lowest BCUT2D eigenvalue weighted by atomic mass is 9.58. The molecular formula is C26H35N3O3. The van der Waals surface area contributed by atoms with Crippen LogP contribution in [-0.4, -0.2) is 35.2 Å². The number of hydrogen-bond donors (Lipinski definition) is 1. The zero-order valence-electron chi connectivity index (χ0n) is 19.6. The number of amides is 1. The van der Waals surface area contributed by atoms with Crippen LogP contribution >= 0.6 is 0 Å². The second-order valence-corrected chi connectivity index (χ2v) is 10.5.